The van der Waals surface area contributed by atoms with Crippen molar-refractivity contribution in [2.75, 3.05) is 13.1 Å². The normalized spacial score (nSPS) is 18.5. The van der Waals surface area contributed by atoms with Crippen molar-refractivity contribution in [1.29, 1.82) is 0 Å². The maximum atomic E-state index is 9.71. The number of aryl methyl sites for hydroxylation is 1. The van der Waals surface area contributed by atoms with Crippen molar-refractivity contribution in [2.24, 2.45) is 13.0 Å². The highest BCUT2D eigenvalue weighted by Crippen LogP contribution is 2.25. The maximum absolute atomic E-state index is 9.71. The van der Waals surface area contributed by atoms with Crippen LogP contribution in [0.15, 0.2) is 30.7 Å². The van der Waals surface area contributed by atoms with Crippen molar-refractivity contribution < 1.29 is 5.11 Å². The van der Waals surface area contributed by atoms with Crippen LogP contribution in [0.2, 0.25) is 0 Å². The molecule has 5 heteroatoms. The number of nitrogens with zero attached hydrogens (tertiary/aromatic N) is 4. The molecule has 2 aromatic rings. The van der Waals surface area contributed by atoms with Crippen molar-refractivity contribution in [1.82, 2.24) is 19.7 Å². The van der Waals surface area contributed by atoms with E-state index >= 15 is 0 Å². The summed E-state index contributed by atoms with van der Waals surface area (Å²) in [6.45, 7) is 4.89. The monoisotopic (exact) mass is 300 g/mol. The van der Waals surface area contributed by atoms with Gasteiger partial charge < -0.3 is 5.11 Å². The van der Waals surface area contributed by atoms with E-state index in [0.29, 0.717) is 5.92 Å². The van der Waals surface area contributed by atoms with Crippen molar-refractivity contribution in [3.63, 3.8) is 0 Å². The van der Waals surface area contributed by atoms with Crippen LogP contribution in [0, 0.1) is 5.92 Å². The van der Waals surface area contributed by atoms with Gasteiger partial charge in [0, 0.05) is 43.3 Å². The second-order valence-electron chi connectivity index (χ2n) is 6.27. The molecule has 0 radical (unpaired) electrons. The number of aliphatic hydroxyl groups excluding tert-OH is 1. The number of aromatic nitrogens is 3. The minimum Gasteiger partial charge on any atom is -0.393 e. The Hall–Kier alpha value is -1.72. The SMILES string of the molecule is CC(O)C1CCN(Cc2cn(C)nc2-c2cccnc2)CC1. The molecular formula is C17H24N4O. The Balaban J connectivity index is 1.71. The third-order valence-electron chi connectivity index (χ3n) is 4.55. The lowest BCUT2D eigenvalue weighted by Gasteiger charge is -2.33. The first kappa shape index (κ1) is 15.2. The summed E-state index contributed by atoms with van der Waals surface area (Å²) in [6.07, 6.45) is 7.70. The number of rotatable bonds is 4. The van der Waals surface area contributed by atoms with Gasteiger partial charge in [-0.25, -0.2) is 0 Å². The molecule has 1 aliphatic heterocycles. The molecule has 3 rings (SSSR count). The molecule has 2 aromatic heterocycles. The number of pyridine rings is 1. The van der Waals surface area contributed by atoms with Crippen molar-refractivity contribution in [2.45, 2.75) is 32.4 Å². The van der Waals surface area contributed by atoms with Gasteiger partial charge in [0.1, 0.15) is 0 Å². The molecule has 22 heavy (non-hydrogen) atoms. The standard InChI is InChI=1S/C17H24N4O/c1-13(22)14-5-8-21(9-6-14)12-16-11-20(2)19-17(16)15-4-3-7-18-10-15/h3-4,7,10-11,13-14,22H,5-6,8-9,12H2,1-2H3. The van der Waals surface area contributed by atoms with Crippen molar-refractivity contribution >= 4 is 0 Å². The molecule has 1 saturated heterocycles. The molecular weight excluding hydrogens is 276 g/mol. The first-order valence-corrected chi connectivity index (χ1v) is 7.97. The third kappa shape index (κ3) is 3.36. The van der Waals surface area contributed by atoms with Gasteiger partial charge in [-0.05, 0) is 50.9 Å². The van der Waals surface area contributed by atoms with Gasteiger partial charge in [0.2, 0.25) is 0 Å². The van der Waals surface area contributed by atoms with Gasteiger partial charge in [-0.1, -0.05) is 0 Å². The van der Waals surface area contributed by atoms with E-state index in [2.05, 4.69) is 27.2 Å². The minimum atomic E-state index is -0.188. The maximum Gasteiger partial charge on any atom is 0.0983 e. The fraction of sp³-hybridized carbons (Fsp3) is 0.529. The first-order chi connectivity index (χ1) is 10.6. The van der Waals surface area contributed by atoms with Crippen molar-refractivity contribution in [3.05, 3.63) is 36.3 Å². The predicted octanol–water partition coefficient (Wildman–Crippen LogP) is 2.07. The lowest BCUT2D eigenvalue weighted by atomic mass is 9.92. The molecule has 0 saturated carbocycles. The van der Waals surface area contributed by atoms with Gasteiger partial charge >= 0.3 is 0 Å². The summed E-state index contributed by atoms with van der Waals surface area (Å²) >= 11 is 0. The second kappa shape index (κ2) is 6.58. The average Bonchev–Trinajstić information content (AvgIpc) is 2.89. The molecule has 0 bridgehead atoms. The van der Waals surface area contributed by atoms with Gasteiger partial charge in [-0.2, -0.15) is 5.10 Å². The van der Waals surface area contributed by atoms with E-state index in [1.54, 1.807) is 6.20 Å². The minimum absolute atomic E-state index is 0.188. The topological polar surface area (TPSA) is 54.2 Å². The van der Waals surface area contributed by atoms with E-state index in [1.165, 1.54) is 5.56 Å². The fourth-order valence-electron chi connectivity index (χ4n) is 3.23. The molecule has 0 aromatic carbocycles. The van der Waals surface area contributed by atoms with Crippen LogP contribution >= 0.6 is 0 Å². The van der Waals surface area contributed by atoms with E-state index in [-0.39, 0.29) is 6.10 Å². The summed E-state index contributed by atoms with van der Waals surface area (Å²) in [5, 5.41) is 14.3. The van der Waals surface area contributed by atoms with Gasteiger partial charge in [-0.15, -0.1) is 0 Å². The van der Waals surface area contributed by atoms with Gasteiger partial charge in [-0.3, -0.25) is 14.6 Å². The quantitative estimate of drug-likeness (QED) is 0.939. The Labute approximate surface area is 131 Å². The fourth-order valence-corrected chi connectivity index (χ4v) is 3.23. The van der Waals surface area contributed by atoms with E-state index in [9.17, 15) is 5.11 Å². The summed E-state index contributed by atoms with van der Waals surface area (Å²) in [5.41, 5.74) is 3.33. The summed E-state index contributed by atoms with van der Waals surface area (Å²) in [6, 6.07) is 4.00. The molecule has 0 spiro atoms. The smallest absolute Gasteiger partial charge is 0.0983 e. The van der Waals surface area contributed by atoms with Crippen LogP contribution < -0.4 is 0 Å². The van der Waals surface area contributed by atoms with E-state index < -0.39 is 0 Å². The summed E-state index contributed by atoms with van der Waals surface area (Å²) in [4.78, 5) is 6.65. The number of hydrogen-bond acceptors (Lipinski definition) is 4. The molecule has 0 aliphatic carbocycles. The highest BCUT2D eigenvalue weighted by atomic mass is 16.3. The molecule has 3 heterocycles. The third-order valence-corrected chi connectivity index (χ3v) is 4.55. The van der Waals surface area contributed by atoms with E-state index in [1.807, 2.05) is 30.9 Å². The van der Waals surface area contributed by atoms with Gasteiger partial charge in [0.15, 0.2) is 0 Å². The van der Waals surface area contributed by atoms with E-state index in [0.717, 1.165) is 43.7 Å². The zero-order valence-corrected chi connectivity index (χ0v) is 13.3. The number of piperidine rings is 1. The lowest BCUT2D eigenvalue weighted by molar-refractivity contribution is 0.0696. The Morgan fingerprint density at radius 1 is 1.36 bits per heavy atom. The predicted molar refractivity (Wildman–Crippen MR) is 86.1 cm³/mol. The van der Waals surface area contributed by atoms with Gasteiger partial charge in [0.05, 0.1) is 11.8 Å². The summed E-state index contributed by atoms with van der Waals surface area (Å²) < 4.78 is 1.88. The van der Waals surface area contributed by atoms with Crippen molar-refractivity contribution in [3.8, 4) is 11.3 Å². The molecule has 1 aliphatic rings. The number of likely N-dealkylation sites (tertiary alicyclic amines) is 1. The zero-order chi connectivity index (χ0) is 15.5. The molecule has 0 amide bonds. The van der Waals surface area contributed by atoms with Crippen LogP contribution in [0.4, 0.5) is 0 Å². The molecule has 1 atom stereocenters. The lowest BCUT2D eigenvalue weighted by Crippen LogP contribution is -2.36. The Morgan fingerprint density at radius 2 is 2.14 bits per heavy atom. The largest absolute Gasteiger partial charge is 0.393 e. The van der Waals surface area contributed by atoms with Crippen LogP contribution in [0.5, 0.6) is 0 Å². The average molecular weight is 300 g/mol. The summed E-state index contributed by atoms with van der Waals surface area (Å²) in [5.74, 6) is 0.447. The second-order valence-corrected chi connectivity index (χ2v) is 6.27. The highest BCUT2D eigenvalue weighted by Gasteiger charge is 2.23. The molecule has 5 nitrogen and oxygen atoms in total. The Bertz CT molecular complexity index is 600. The summed E-state index contributed by atoms with van der Waals surface area (Å²) in [7, 11) is 1.96. The molecule has 1 N–H and O–H groups in total. The van der Waals surface area contributed by atoms with Crippen LogP contribution in [0.1, 0.15) is 25.3 Å². The zero-order valence-electron chi connectivity index (χ0n) is 13.3. The molecule has 1 fully saturated rings. The van der Waals surface area contributed by atoms with Crippen LogP contribution in [-0.4, -0.2) is 44.0 Å². The number of aliphatic hydroxyl groups is 1. The number of hydrogen-bond donors (Lipinski definition) is 1. The molecule has 118 valence electrons. The van der Waals surface area contributed by atoms with E-state index in [4.69, 9.17) is 0 Å². The van der Waals surface area contributed by atoms with Crippen LogP contribution in [0.3, 0.4) is 0 Å². The highest BCUT2D eigenvalue weighted by molar-refractivity contribution is 5.61. The van der Waals surface area contributed by atoms with Crippen LogP contribution in [0.25, 0.3) is 11.3 Å². The van der Waals surface area contributed by atoms with Gasteiger partial charge in [0.25, 0.3) is 0 Å². The molecule has 1 unspecified atom stereocenters. The first-order valence-electron chi connectivity index (χ1n) is 7.97. The Kier molecular flexibility index (Phi) is 4.55. The van der Waals surface area contributed by atoms with Crippen LogP contribution in [-0.2, 0) is 13.6 Å². The Morgan fingerprint density at radius 3 is 2.77 bits per heavy atom.